The molecule has 0 spiro atoms. The number of thiophene rings is 1. The van der Waals surface area contributed by atoms with Gasteiger partial charge in [-0.05, 0) is 40.1 Å². The number of alkyl carbamates (subject to hydrolysis) is 1. The first-order chi connectivity index (χ1) is 17.0. The molecular weight excluding hydrogens is 464 g/mol. The van der Waals surface area contributed by atoms with Crippen LogP contribution in [0.3, 0.4) is 0 Å². The van der Waals surface area contributed by atoms with Crippen molar-refractivity contribution >= 4 is 29.3 Å². The molecule has 0 saturated carbocycles. The van der Waals surface area contributed by atoms with Gasteiger partial charge in [0, 0.05) is 10.8 Å². The molecule has 0 bridgehead atoms. The normalized spacial score (nSPS) is 19.0. The van der Waals surface area contributed by atoms with Gasteiger partial charge in [0.1, 0.15) is 6.61 Å². The van der Waals surface area contributed by atoms with E-state index in [0.717, 1.165) is 22.3 Å². The van der Waals surface area contributed by atoms with Gasteiger partial charge in [-0.1, -0.05) is 66.7 Å². The van der Waals surface area contributed by atoms with Crippen LogP contribution < -0.4 is 10.6 Å². The summed E-state index contributed by atoms with van der Waals surface area (Å²) in [5.41, 5.74) is 4.59. The van der Waals surface area contributed by atoms with Crippen LogP contribution in [0.5, 0.6) is 0 Å². The summed E-state index contributed by atoms with van der Waals surface area (Å²) in [7, 11) is 0. The minimum absolute atomic E-state index is 0.0315. The van der Waals surface area contributed by atoms with Crippen molar-refractivity contribution < 1.29 is 24.2 Å². The fraction of sp³-hybridized carbons (Fsp3) is 0.222. The summed E-state index contributed by atoms with van der Waals surface area (Å²) in [5, 5.41) is 16.6. The van der Waals surface area contributed by atoms with Gasteiger partial charge in [0.2, 0.25) is 5.91 Å². The van der Waals surface area contributed by atoms with Gasteiger partial charge >= 0.3 is 12.1 Å². The summed E-state index contributed by atoms with van der Waals surface area (Å²) in [5.74, 6) is -2.07. The first-order valence-electron chi connectivity index (χ1n) is 11.4. The van der Waals surface area contributed by atoms with Gasteiger partial charge in [0.25, 0.3) is 0 Å². The Morgan fingerprint density at radius 3 is 2.29 bits per heavy atom. The molecule has 2 aliphatic carbocycles. The summed E-state index contributed by atoms with van der Waals surface area (Å²) >= 11 is 1.27. The summed E-state index contributed by atoms with van der Waals surface area (Å²) in [6.07, 6.45) is 3.22. The molecule has 2 amide bonds. The number of rotatable bonds is 7. The van der Waals surface area contributed by atoms with Crippen molar-refractivity contribution in [3.8, 4) is 11.1 Å². The third-order valence-corrected chi connectivity index (χ3v) is 7.37. The van der Waals surface area contributed by atoms with Crippen LogP contribution in [-0.2, 0) is 14.3 Å². The number of nitrogens with one attached hydrogen (secondary N) is 2. The van der Waals surface area contributed by atoms with E-state index >= 15 is 0 Å². The predicted octanol–water partition coefficient (Wildman–Crippen LogP) is 4.47. The molecule has 35 heavy (non-hydrogen) atoms. The molecule has 3 atom stereocenters. The zero-order valence-electron chi connectivity index (χ0n) is 18.7. The highest BCUT2D eigenvalue weighted by Gasteiger charge is 2.32. The van der Waals surface area contributed by atoms with Crippen LogP contribution in [-0.4, -0.2) is 35.7 Å². The van der Waals surface area contributed by atoms with E-state index in [9.17, 15) is 19.5 Å². The van der Waals surface area contributed by atoms with Gasteiger partial charge in [-0.25, -0.2) is 9.59 Å². The molecule has 0 saturated heterocycles. The third kappa shape index (κ3) is 4.70. The molecule has 3 N–H and O–H groups in total. The molecule has 0 radical (unpaired) electrons. The van der Waals surface area contributed by atoms with E-state index < -0.39 is 24.0 Å². The fourth-order valence-electron chi connectivity index (χ4n) is 4.75. The number of carboxylic acids is 1. The Labute approximate surface area is 206 Å². The Morgan fingerprint density at radius 2 is 1.66 bits per heavy atom. The van der Waals surface area contributed by atoms with Gasteiger partial charge in [-0.2, -0.15) is 0 Å². The van der Waals surface area contributed by atoms with Crippen molar-refractivity contribution in [1.82, 2.24) is 10.6 Å². The number of amides is 2. The molecule has 0 fully saturated rings. The number of hydrogen-bond acceptors (Lipinski definition) is 5. The molecule has 7 nitrogen and oxygen atoms in total. The lowest BCUT2D eigenvalue weighted by Gasteiger charge is -2.18. The lowest BCUT2D eigenvalue weighted by Crippen LogP contribution is -2.38. The number of benzene rings is 2. The second kappa shape index (κ2) is 9.76. The summed E-state index contributed by atoms with van der Waals surface area (Å²) in [6.45, 7) is 0.210. The smallest absolute Gasteiger partial charge is 0.407 e. The van der Waals surface area contributed by atoms with Gasteiger partial charge in [0.05, 0.1) is 12.0 Å². The van der Waals surface area contributed by atoms with Crippen LogP contribution in [0.25, 0.3) is 11.1 Å². The van der Waals surface area contributed by atoms with E-state index in [1.165, 1.54) is 11.3 Å². The maximum Gasteiger partial charge on any atom is 0.407 e. The fourth-order valence-corrected chi connectivity index (χ4v) is 5.52. The number of hydrogen-bond donors (Lipinski definition) is 3. The minimum Gasteiger partial charge on any atom is -0.479 e. The Morgan fingerprint density at radius 1 is 0.971 bits per heavy atom. The Bertz CT molecular complexity index is 1240. The molecule has 0 aliphatic heterocycles. The summed E-state index contributed by atoms with van der Waals surface area (Å²) in [4.78, 5) is 37.3. The van der Waals surface area contributed by atoms with Gasteiger partial charge in [-0.15, -0.1) is 11.3 Å². The van der Waals surface area contributed by atoms with Crippen molar-refractivity contribution in [2.45, 2.75) is 24.4 Å². The van der Waals surface area contributed by atoms with Crippen LogP contribution in [0.15, 0.2) is 78.2 Å². The van der Waals surface area contributed by atoms with E-state index in [-0.39, 0.29) is 24.5 Å². The third-order valence-electron chi connectivity index (χ3n) is 6.43. The van der Waals surface area contributed by atoms with Crippen molar-refractivity contribution in [3.63, 3.8) is 0 Å². The molecule has 3 unspecified atom stereocenters. The summed E-state index contributed by atoms with van der Waals surface area (Å²) < 4.78 is 5.58. The van der Waals surface area contributed by atoms with Crippen LogP contribution in [0, 0.1) is 5.92 Å². The monoisotopic (exact) mass is 488 g/mol. The standard InChI is InChI=1S/C27H24N2O5S/c30-25(29-24(26(31)32)23-10-5-13-35-23)16-11-12-17(14-16)28-27(33)34-15-22-20-8-3-1-6-18(20)19-7-2-4-9-21(19)22/h1-13,16-17,22,24H,14-15H2,(H,28,33)(H,29,30)(H,31,32). The highest BCUT2D eigenvalue weighted by Crippen LogP contribution is 2.44. The quantitative estimate of drug-likeness (QED) is 0.426. The first kappa shape index (κ1) is 22.9. The molecular formula is C27H24N2O5S. The summed E-state index contributed by atoms with van der Waals surface area (Å²) in [6, 6.07) is 18.2. The first-order valence-corrected chi connectivity index (χ1v) is 12.3. The van der Waals surface area contributed by atoms with Crippen molar-refractivity contribution in [3.05, 3.63) is 94.2 Å². The maximum absolute atomic E-state index is 12.7. The topological polar surface area (TPSA) is 105 Å². The lowest BCUT2D eigenvalue weighted by molar-refractivity contribution is -0.142. The molecule has 5 rings (SSSR count). The van der Waals surface area contributed by atoms with E-state index in [1.807, 2.05) is 24.3 Å². The average molecular weight is 489 g/mol. The van der Waals surface area contributed by atoms with Crippen molar-refractivity contribution in [1.29, 1.82) is 0 Å². The highest BCUT2D eigenvalue weighted by atomic mass is 32.1. The van der Waals surface area contributed by atoms with E-state index in [0.29, 0.717) is 11.3 Å². The number of carboxylic acid groups (broad SMARTS) is 1. The SMILES string of the molecule is O=C(NC1C=CC(C(=O)NC(C(=O)O)c2cccs2)C1)OCC1c2ccccc2-c2ccccc21. The number of ether oxygens (including phenoxy) is 1. The number of fused-ring (bicyclic) bond motifs is 3. The zero-order chi connectivity index (χ0) is 24.4. The van der Waals surface area contributed by atoms with Crippen LogP contribution in [0.1, 0.15) is 34.4 Å². The number of carbonyl (C=O) groups is 3. The predicted molar refractivity (Wildman–Crippen MR) is 132 cm³/mol. The second-order valence-corrected chi connectivity index (χ2v) is 9.58. The molecule has 2 aliphatic rings. The van der Waals surface area contributed by atoms with Crippen LogP contribution in [0.2, 0.25) is 0 Å². The number of carbonyl (C=O) groups excluding carboxylic acids is 2. The average Bonchev–Trinajstić information content (AvgIpc) is 3.61. The van der Waals surface area contributed by atoms with E-state index in [1.54, 1.807) is 29.7 Å². The number of aliphatic carboxylic acids is 1. The highest BCUT2D eigenvalue weighted by molar-refractivity contribution is 7.10. The van der Waals surface area contributed by atoms with Crippen molar-refractivity contribution in [2.75, 3.05) is 6.61 Å². The van der Waals surface area contributed by atoms with E-state index in [2.05, 4.69) is 34.9 Å². The molecule has 1 heterocycles. The van der Waals surface area contributed by atoms with Gasteiger partial charge in [-0.3, -0.25) is 4.79 Å². The molecule has 3 aromatic rings. The Balaban J connectivity index is 1.15. The largest absolute Gasteiger partial charge is 0.479 e. The van der Waals surface area contributed by atoms with Gasteiger partial charge in [0.15, 0.2) is 6.04 Å². The molecule has 178 valence electrons. The molecule has 1 aromatic heterocycles. The van der Waals surface area contributed by atoms with Crippen molar-refractivity contribution in [2.24, 2.45) is 5.92 Å². The Hall–Kier alpha value is -3.91. The second-order valence-electron chi connectivity index (χ2n) is 8.60. The molecule has 8 heteroatoms. The zero-order valence-corrected chi connectivity index (χ0v) is 19.5. The lowest BCUT2D eigenvalue weighted by atomic mass is 9.98. The molecule has 2 aromatic carbocycles. The van der Waals surface area contributed by atoms with Crippen LogP contribution in [0.4, 0.5) is 4.79 Å². The minimum atomic E-state index is -1.11. The van der Waals surface area contributed by atoms with E-state index in [4.69, 9.17) is 4.74 Å². The maximum atomic E-state index is 12.7. The van der Waals surface area contributed by atoms with Crippen LogP contribution >= 0.6 is 11.3 Å². The Kier molecular flexibility index (Phi) is 6.37. The van der Waals surface area contributed by atoms with Gasteiger partial charge < -0.3 is 20.5 Å².